The summed E-state index contributed by atoms with van der Waals surface area (Å²) in [4.78, 5) is 12.8. The van der Waals surface area contributed by atoms with Crippen molar-refractivity contribution in [3.8, 4) is 0 Å². The van der Waals surface area contributed by atoms with Gasteiger partial charge < -0.3 is 5.32 Å². The van der Waals surface area contributed by atoms with Crippen molar-refractivity contribution in [1.82, 2.24) is 21.1 Å². The van der Waals surface area contributed by atoms with Crippen LogP contribution in [0.15, 0.2) is 29.8 Å². The fourth-order valence-electron chi connectivity index (χ4n) is 3.27. The van der Waals surface area contributed by atoms with Gasteiger partial charge in [0, 0.05) is 11.3 Å². The summed E-state index contributed by atoms with van der Waals surface area (Å²) >= 11 is 0. The highest BCUT2D eigenvalue weighted by molar-refractivity contribution is 7.93. The summed E-state index contributed by atoms with van der Waals surface area (Å²) in [6.45, 7) is 4.48. The summed E-state index contributed by atoms with van der Waals surface area (Å²) in [6.07, 6.45) is 1.15. The van der Waals surface area contributed by atoms with Crippen LogP contribution in [0, 0.1) is 5.92 Å². The molecule has 1 unspecified atom stereocenters. The van der Waals surface area contributed by atoms with E-state index in [2.05, 4.69) is 20.8 Å². The normalized spacial score (nSPS) is 23.3. The Labute approximate surface area is 153 Å². The SMILES string of the molecule is CC(C)C1=C(c2ccc(NS(=O)(=O)C3CC3)cc2)NC2NCNN2C1=O. The van der Waals surface area contributed by atoms with Crippen LogP contribution in [0.5, 0.6) is 0 Å². The van der Waals surface area contributed by atoms with Crippen molar-refractivity contribution < 1.29 is 13.2 Å². The second kappa shape index (κ2) is 6.26. The summed E-state index contributed by atoms with van der Waals surface area (Å²) in [6, 6.07) is 7.14. The topological polar surface area (TPSA) is 103 Å². The Morgan fingerprint density at radius 2 is 1.88 bits per heavy atom. The van der Waals surface area contributed by atoms with Gasteiger partial charge in [0.25, 0.3) is 5.91 Å². The summed E-state index contributed by atoms with van der Waals surface area (Å²) in [5.74, 6) is -0.0105. The molecule has 0 aromatic heterocycles. The maximum Gasteiger partial charge on any atom is 0.269 e. The smallest absolute Gasteiger partial charge is 0.269 e. The Hall–Kier alpha value is -2.10. The number of benzene rings is 1. The van der Waals surface area contributed by atoms with Crippen molar-refractivity contribution in [2.75, 3.05) is 11.4 Å². The van der Waals surface area contributed by atoms with Gasteiger partial charge in [-0.1, -0.05) is 26.0 Å². The molecule has 0 spiro atoms. The number of sulfonamides is 1. The maximum atomic E-state index is 12.8. The van der Waals surface area contributed by atoms with Crippen LogP contribution >= 0.6 is 0 Å². The molecule has 0 bridgehead atoms. The highest BCUT2D eigenvalue weighted by atomic mass is 32.2. The van der Waals surface area contributed by atoms with Crippen molar-refractivity contribution >= 4 is 27.3 Å². The van der Waals surface area contributed by atoms with Crippen LogP contribution in [-0.2, 0) is 14.8 Å². The number of fused-ring (bicyclic) bond motifs is 1. The molecule has 8 nitrogen and oxygen atoms in total. The molecule has 26 heavy (non-hydrogen) atoms. The average Bonchev–Trinajstić information content (AvgIpc) is 3.34. The van der Waals surface area contributed by atoms with Gasteiger partial charge in [-0.15, -0.1) is 0 Å². The van der Waals surface area contributed by atoms with E-state index >= 15 is 0 Å². The molecule has 4 N–H and O–H groups in total. The minimum Gasteiger partial charge on any atom is -0.351 e. The summed E-state index contributed by atoms with van der Waals surface area (Å²) in [5, 5.41) is 7.83. The Morgan fingerprint density at radius 3 is 2.50 bits per heavy atom. The number of amides is 1. The maximum absolute atomic E-state index is 12.8. The molecular formula is C17H23N5O3S. The zero-order chi connectivity index (χ0) is 18.5. The van der Waals surface area contributed by atoms with Gasteiger partial charge in [0.2, 0.25) is 10.0 Å². The first kappa shape index (κ1) is 17.3. The first-order valence-corrected chi connectivity index (χ1v) is 10.3. The van der Waals surface area contributed by atoms with E-state index in [1.54, 1.807) is 17.1 Å². The Kier molecular flexibility index (Phi) is 4.17. The summed E-state index contributed by atoms with van der Waals surface area (Å²) in [7, 11) is -3.28. The summed E-state index contributed by atoms with van der Waals surface area (Å²) < 4.78 is 26.7. The monoisotopic (exact) mass is 377 g/mol. The number of hydrazine groups is 1. The van der Waals surface area contributed by atoms with Crippen molar-refractivity contribution in [2.45, 2.75) is 38.2 Å². The van der Waals surface area contributed by atoms with Crippen LogP contribution in [0.25, 0.3) is 5.70 Å². The molecule has 1 amide bonds. The zero-order valence-electron chi connectivity index (χ0n) is 14.7. The fourth-order valence-corrected chi connectivity index (χ4v) is 4.66. The van der Waals surface area contributed by atoms with Gasteiger partial charge in [-0.05, 0) is 36.5 Å². The average molecular weight is 377 g/mol. The molecule has 140 valence electrons. The van der Waals surface area contributed by atoms with Gasteiger partial charge >= 0.3 is 0 Å². The first-order valence-electron chi connectivity index (χ1n) is 8.80. The van der Waals surface area contributed by atoms with Crippen LogP contribution < -0.4 is 20.8 Å². The fraction of sp³-hybridized carbons (Fsp3) is 0.471. The number of nitrogens with one attached hydrogen (secondary N) is 4. The van der Waals surface area contributed by atoms with Crippen LogP contribution in [-0.4, -0.2) is 37.5 Å². The Morgan fingerprint density at radius 1 is 1.19 bits per heavy atom. The second-order valence-corrected chi connectivity index (χ2v) is 9.09. The second-order valence-electron chi connectivity index (χ2n) is 7.13. The molecule has 2 aliphatic heterocycles. The molecule has 1 aliphatic carbocycles. The molecule has 1 aromatic rings. The number of rotatable bonds is 5. The molecule has 3 aliphatic rings. The van der Waals surface area contributed by atoms with Crippen molar-refractivity contribution in [1.29, 1.82) is 0 Å². The molecule has 9 heteroatoms. The van der Waals surface area contributed by atoms with E-state index in [9.17, 15) is 13.2 Å². The predicted octanol–water partition coefficient (Wildman–Crippen LogP) is 0.739. The van der Waals surface area contributed by atoms with E-state index in [-0.39, 0.29) is 23.4 Å². The van der Waals surface area contributed by atoms with E-state index in [1.807, 2.05) is 26.0 Å². The molecule has 2 fully saturated rings. The lowest BCUT2D eigenvalue weighted by atomic mass is 9.94. The van der Waals surface area contributed by atoms with Crippen molar-refractivity contribution in [3.05, 3.63) is 35.4 Å². The van der Waals surface area contributed by atoms with Crippen LogP contribution in [0.3, 0.4) is 0 Å². The minimum absolute atomic E-state index is 0.0430. The largest absolute Gasteiger partial charge is 0.351 e. The van der Waals surface area contributed by atoms with Gasteiger partial charge in [0.15, 0.2) is 6.29 Å². The Balaban J connectivity index is 1.63. The van der Waals surface area contributed by atoms with Gasteiger partial charge in [0.05, 0.1) is 17.6 Å². The number of carbonyl (C=O) groups excluding carboxylic acids is 1. The third kappa shape index (κ3) is 3.06. The van der Waals surface area contributed by atoms with Gasteiger partial charge in [-0.3, -0.25) is 14.8 Å². The molecule has 1 atom stereocenters. The molecular weight excluding hydrogens is 354 g/mol. The zero-order valence-corrected chi connectivity index (χ0v) is 15.6. The highest BCUT2D eigenvalue weighted by Crippen LogP contribution is 2.31. The third-order valence-electron chi connectivity index (χ3n) is 4.78. The van der Waals surface area contributed by atoms with Gasteiger partial charge in [-0.2, -0.15) is 0 Å². The Bertz CT molecular complexity index is 859. The lowest BCUT2D eigenvalue weighted by Gasteiger charge is -2.34. The van der Waals surface area contributed by atoms with E-state index in [0.29, 0.717) is 17.9 Å². The first-order chi connectivity index (χ1) is 12.4. The van der Waals surface area contributed by atoms with E-state index < -0.39 is 10.0 Å². The molecule has 2 heterocycles. The number of nitrogens with zero attached hydrogens (tertiary/aromatic N) is 1. The number of carbonyl (C=O) groups is 1. The van der Waals surface area contributed by atoms with Gasteiger partial charge in [0.1, 0.15) is 0 Å². The molecule has 0 radical (unpaired) electrons. The lowest BCUT2D eigenvalue weighted by Crippen LogP contribution is -2.56. The molecule has 1 aromatic carbocycles. The number of hydrogen-bond acceptors (Lipinski definition) is 6. The lowest BCUT2D eigenvalue weighted by molar-refractivity contribution is -0.132. The van der Waals surface area contributed by atoms with Crippen LogP contribution in [0.1, 0.15) is 32.3 Å². The quantitative estimate of drug-likeness (QED) is 0.604. The third-order valence-corrected chi connectivity index (χ3v) is 6.65. The molecule has 1 saturated heterocycles. The van der Waals surface area contributed by atoms with Gasteiger partial charge in [-0.25, -0.2) is 18.9 Å². The van der Waals surface area contributed by atoms with Crippen molar-refractivity contribution in [3.63, 3.8) is 0 Å². The highest BCUT2D eigenvalue weighted by Gasteiger charge is 2.38. The summed E-state index contributed by atoms with van der Waals surface area (Å²) in [5.41, 5.74) is 5.88. The number of hydrogen-bond donors (Lipinski definition) is 4. The standard InChI is InChI=1S/C17H23N5O3S/c1-10(2)14-15(20-17-18-9-19-22(17)16(14)23)11-3-5-12(6-4-11)21-26(24,25)13-7-8-13/h3-6,10,13,17-21H,7-9H2,1-2H3. The van der Waals surface area contributed by atoms with Crippen LogP contribution in [0.2, 0.25) is 0 Å². The molecule has 1 saturated carbocycles. The van der Waals surface area contributed by atoms with E-state index in [1.165, 1.54) is 0 Å². The van der Waals surface area contributed by atoms with Crippen LogP contribution in [0.4, 0.5) is 5.69 Å². The van der Waals surface area contributed by atoms with Crippen molar-refractivity contribution in [2.24, 2.45) is 5.92 Å². The molecule has 4 rings (SSSR count). The minimum atomic E-state index is -3.28. The number of anilines is 1. The predicted molar refractivity (Wildman–Crippen MR) is 98.7 cm³/mol. The van der Waals surface area contributed by atoms with E-state index in [4.69, 9.17) is 0 Å². The van der Waals surface area contributed by atoms with E-state index in [0.717, 1.165) is 24.1 Å².